The lowest BCUT2D eigenvalue weighted by Gasteiger charge is -2.20. The Labute approximate surface area is 71.6 Å². The molecule has 0 aromatic carbocycles. The lowest BCUT2D eigenvalue weighted by Crippen LogP contribution is -3.14. The summed E-state index contributed by atoms with van der Waals surface area (Å²) in [6.07, 6.45) is 0. The molecule has 0 radical (unpaired) electrons. The number of imide groups is 1. The van der Waals surface area contributed by atoms with Crippen molar-refractivity contribution in [3.8, 4) is 0 Å². The molecule has 1 aliphatic rings. The van der Waals surface area contributed by atoms with E-state index in [0.29, 0.717) is 0 Å². The minimum Gasteiger partial charge on any atom is -0.617 e. The van der Waals surface area contributed by atoms with Gasteiger partial charge < -0.3 is 5.21 Å². The monoisotopic (exact) mass is 185 g/mol. The third-order valence-electron chi connectivity index (χ3n) is 1.61. The zero-order chi connectivity index (χ0) is 9.59. The van der Waals surface area contributed by atoms with Gasteiger partial charge in [0.1, 0.15) is 0 Å². The van der Waals surface area contributed by atoms with Crippen LogP contribution in [0, 0.1) is 5.21 Å². The number of quaternary nitrogens is 1. The number of aromatic nitrogens is 2. The van der Waals surface area contributed by atoms with Crippen LogP contribution in [0.3, 0.4) is 0 Å². The molecule has 1 aromatic heterocycles. The molecule has 0 fully saturated rings. The average Bonchev–Trinajstić information content (AvgIpc) is 2.42. The second-order valence-corrected chi connectivity index (χ2v) is 2.44. The fourth-order valence-electron chi connectivity index (χ4n) is 1.03. The van der Waals surface area contributed by atoms with E-state index < -0.39 is 22.7 Å². The molecule has 0 spiro atoms. The summed E-state index contributed by atoms with van der Waals surface area (Å²) >= 11 is 0. The summed E-state index contributed by atoms with van der Waals surface area (Å²) in [7, 11) is 0. The van der Waals surface area contributed by atoms with Crippen LogP contribution in [0.4, 0.5) is 10.6 Å². The molecule has 13 heavy (non-hydrogen) atoms. The molecule has 4 N–H and O–H groups in total. The van der Waals surface area contributed by atoms with E-state index in [-0.39, 0.29) is 12.9 Å². The predicted octanol–water partition coefficient (Wildman–Crippen LogP) is -2.12. The van der Waals surface area contributed by atoms with Crippen molar-refractivity contribution in [2.24, 2.45) is 0 Å². The number of aromatic amines is 2. The summed E-state index contributed by atoms with van der Waals surface area (Å²) in [5.74, 6) is -1.06. The van der Waals surface area contributed by atoms with E-state index in [9.17, 15) is 19.6 Å². The zero-order valence-electron chi connectivity index (χ0n) is 7.13. The first-order valence-corrected chi connectivity index (χ1v) is 3.32. The van der Waals surface area contributed by atoms with E-state index in [1.165, 1.54) is 0 Å². The van der Waals surface area contributed by atoms with Gasteiger partial charge in [0.2, 0.25) is 0 Å². The Hall–Kier alpha value is -1.93. The smallest absolute Gasteiger partial charge is 0.617 e. The Kier molecular flexibility index (Phi) is 1.35. The Morgan fingerprint density at radius 3 is 2.62 bits per heavy atom. The Morgan fingerprint density at radius 2 is 1.92 bits per heavy atom. The minimum absolute atomic E-state index is 0. The van der Waals surface area contributed by atoms with Gasteiger partial charge in [0.05, 0.1) is 0 Å². The van der Waals surface area contributed by atoms with Crippen LogP contribution in [0.15, 0.2) is 4.79 Å². The Morgan fingerprint density at radius 1 is 1.23 bits per heavy atom. The van der Waals surface area contributed by atoms with E-state index in [4.69, 9.17) is 0 Å². The highest BCUT2D eigenvalue weighted by Gasteiger charge is 2.33. The maximum atomic E-state index is 11.0. The van der Waals surface area contributed by atoms with Gasteiger partial charge in [0, 0.05) is 0 Å². The molecule has 0 aliphatic carbocycles. The molecule has 8 heteroatoms. The normalized spacial score (nSPS) is 21.2. The number of anilines is 1. The summed E-state index contributed by atoms with van der Waals surface area (Å²) in [6, 6.07) is -1.03. The average molecular weight is 185 g/mol. The van der Waals surface area contributed by atoms with Gasteiger partial charge in [-0.15, -0.1) is 0 Å². The third-order valence-corrected chi connectivity index (χ3v) is 1.61. The SMILES string of the molecule is O=C1Nc2[nH]c(=O)[nH]c2C(=O)[NH+]1[O-].[H+]. The van der Waals surface area contributed by atoms with Crippen molar-refractivity contribution in [1.82, 2.24) is 9.97 Å². The number of H-pyrrole nitrogens is 2. The van der Waals surface area contributed by atoms with Crippen molar-refractivity contribution < 1.29 is 16.1 Å². The molecule has 0 bridgehead atoms. The minimum atomic E-state index is -1.18. The first-order valence-electron chi connectivity index (χ1n) is 3.32. The van der Waals surface area contributed by atoms with Crippen molar-refractivity contribution in [1.29, 1.82) is 0 Å². The van der Waals surface area contributed by atoms with E-state index in [2.05, 4.69) is 15.3 Å². The standard InChI is InChI=1S/C5H4N4O4/c10-3-1-2(7-4(11)6-1)8-5(12)9(3)13/h9H,(H,8,12)(H2,6,7,11)/p+1. The van der Waals surface area contributed by atoms with Crippen molar-refractivity contribution in [3.63, 3.8) is 0 Å². The van der Waals surface area contributed by atoms with Crippen LogP contribution in [-0.2, 0) is 0 Å². The van der Waals surface area contributed by atoms with E-state index in [0.717, 1.165) is 0 Å². The number of imidazole rings is 1. The van der Waals surface area contributed by atoms with Gasteiger partial charge in [-0.1, -0.05) is 0 Å². The molecule has 3 amide bonds. The van der Waals surface area contributed by atoms with Gasteiger partial charge in [0.15, 0.2) is 11.5 Å². The van der Waals surface area contributed by atoms with E-state index >= 15 is 0 Å². The number of nitrogens with one attached hydrogen (secondary N) is 4. The number of hydrogen-bond acceptors (Lipinski definition) is 4. The Balaban J connectivity index is 0.000000980. The summed E-state index contributed by atoms with van der Waals surface area (Å²) < 4.78 is 0. The van der Waals surface area contributed by atoms with Crippen molar-refractivity contribution >= 4 is 17.8 Å². The summed E-state index contributed by atoms with van der Waals surface area (Å²) in [5, 5.41) is 11.7. The zero-order valence-corrected chi connectivity index (χ0v) is 6.13. The van der Waals surface area contributed by atoms with Crippen LogP contribution in [0.2, 0.25) is 0 Å². The number of hydrogen-bond donors (Lipinski definition) is 4. The predicted molar refractivity (Wildman–Crippen MR) is 40.2 cm³/mol. The van der Waals surface area contributed by atoms with Gasteiger partial charge in [-0.25, -0.2) is 19.4 Å². The van der Waals surface area contributed by atoms with Crippen molar-refractivity contribution in [3.05, 3.63) is 21.4 Å². The molecular formula is C5H5N4O4+. The molecule has 0 saturated heterocycles. The highest BCUT2D eigenvalue weighted by Crippen LogP contribution is 2.07. The molecule has 8 nitrogen and oxygen atoms in total. The summed E-state index contributed by atoms with van der Waals surface area (Å²) in [6.45, 7) is 0. The molecule has 2 rings (SSSR count). The van der Waals surface area contributed by atoms with Gasteiger partial charge in [-0.05, 0) is 0 Å². The third kappa shape index (κ3) is 0.965. The second-order valence-electron chi connectivity index (χ2n) is 2.44. The maximum absolute atomic E-state index is 11.0. The largest absolute Gasteiger partial charge is 1.00 e. The van der Waals surface area contributed by atoms with Crippen LogP contribution in [0.25, 0.3) is 0 Å². The van der Waals surface area contributed by atoms with Crippen LogP contribution >= 0.6 is 0 Å². The van der Waals surface area contributed by atoms with Crippen LogP contribution in [-0.4, -0.2) is 21.9 Å². The topological polar surface area (TPSA) is 122 Å². The number of hydroxylamine groups is 2. The first-order chi connectivity index (χ1) is 6.09. The highest BCUT2D eigenvalue weighted by molar-refractivity contribution is 6.04. The van der Waals surface area contributed by atoms with Crippen molar-refractivity contribution in [2.75, 3.05) is 5.32 Å². The molecule has 0 saturated carbocycles. The lowest BCUT2D eigenvalue weighted by molar-refractivity contribution is -0.660. The van der Waals surface area contributed by atoms with Gasteiger partial charge in [-0.2, -0.15) is 0 Å². The van der Waals surface area contributed by atoms with Gasteiger partial charge in [0.25, 0.3) is 0 Å². The number of rotatable bonds is 0. The molecule has 1 atom stereocenters. The fourth-order valence-corrected chi connectivity index (χ4v) is 1.03. The van der Waals surface area contributed by atoms with Crippen LogP contribution in [0.5, 0.6) is 0 Å². The number of carbonyl (C=O) groups excluding carboxylic acids is 2. The number of fused-ring (bicyclic) bond motifs is 1. The number of carbonyl (C=O) groups is 2. The van der Waals surface area contributed by atoms with Crippen LogP contribution in [0.1, 0.15) is 11.9 Å². The van der Waals surface area contributed by atoms with Crippen molar-refractivity contribution in [2.45, 2.75) is 0 Å². The first kappa shape index (κ1) is 7.71. The summed E-state index contributed by atoms with van der Waals surface area (Å²) in [4.78, 5) is 36.8. The molecule has 1 aromatic rings. The number of urea groups is 1. The van der Waals surface area contributed by atoms with Gasteiger partial charge >= 0.3 is 19.1 Å². The van der Waals surface area contributed by atoms with E-state index in [1.54, 1.807) is 0 Å². The molecule has 1 aliphatic heterocycles. The molecule has 2 heterocycles. The lowest BCUT2D eigenvalue weighted by atomic mass is 10.3. The highest BCUT2D eigenvalue weighted by atomic mass is 16.5. The second kappa shape index (κ2) is 2.28. The molecule has 1 unspecified atom stereocenters. The van der Waals surface area contributed by atoms with Crippen LogP contribution < -0.4 is 16.1 Å². The van der Waals surface area contributed by atoms with E-state index in [1.807, 2.05) is 0 Å². The maximum Gasteiger partial charge on any atom is 1.00 e. The molecular weight excluding hydrogens is 180 g/mol. The Bertz CT molecular complexity index is 449. The summed E-state index contributed by atoms with van der Waals surface area (Å²) in [5.41, 5.74) is -0.844. The van der Waals surface area contributed by atoms with Gasteiger partial charge in [-0.3, -0.25) is 15.3 Å². The fraction of sp³-hybridized carbons (Fsp3) is 0. The number of amides is 3. The quantitative estimate of drug-likeness (QED) is 0.345. The molecule has 68 valence electrons.